The molecule has 0 N–H and O–H groups in total. The Labute approximate surface area is 79.7 Å². The zero-order valence-corrected chi connectivity index (χ0v) is 7.47. The quantitative estimate of drug-likeness (QED) is 0.595. The van der Waals surface area contributed by atoms with Gasteiger partial charge in [-0.3, -0.25) is 18.8 Å². The lowest BCUT2D eigenvalue weighted by molar-refractivity contribution is 1.11. The van der Waals surface area contributed by atoms with Gasteiger partial charge in [-0.15, -0.1) is 12.4 Å². The highest BCUT2D eigenvalue weighted by Crippen LogP contribution is 2.00. The first-order chi connectivity index (χ1) is 3.39. The van der Waals surface area contributed by atoms with Gasteiger partial charge in [-0.25, -0.2) is 0 Å². The second-order valence-electron chi connectivity index (χ2n) is 1.31. The molecule has 0 bridgehead atoms. The minimum Gasteiger partial charge on any atom is -0.269 e. The number of hydrogen-bond acceptors (Lipinski definition) is 0. The van der Waals surface area contributed by atoms with Gasteiger partial charge in [-0.1, -0.05) is 30.8 Å². The summed E-state index contributed by atoms with van der Waals surface area (Å²) in [6, 6.07) is 9.62. The van der Waals surface area contributed by atoms with Crippen molar-refractivity contribution in [3.8, 4) is 0 Å². The van der Waals surface area contributed by atoms with Crippen molar-refractivity contribution < 1.29 is 18.8 Å². The van der Waals surface area contributed by atoms with Gasteiger partial charge in [-0.05, 0) is 12.1 Å². The van der Waals surface area contributed by atoms with Gasteiger partial charge in [0.25, 0.3) is 0 Å². The molecule has 0 aromatic heterocycles. The smallest absolute Gasteiger partial charge is 0.0377 e. The summed E-state index contributed by atoms with van der Waals surface area (Å²) < 4.78 is 0. The first-order valence-electron chi connectivity index (χ1n) is 2.11. The largest absolute Gasteiger partial charge is 0.269 e. The highest BCUT2D eigenvalue weighted by molar-refractivity contribution is 7.80. The van der Waals surface area contributed by atoms with Crippen molar-refractivity contribution in [3.63, 3.8) is 0 Å². The fourth-order valence-corrected chi connectivity index (χ4v) is 0.578. The van der Waals surface area contributed by atoms with Crippen LogP contribution in [0.4, 0.5) is 18.8 Å². The van der Waals surface area contributed by atoms with Crippen LogP contribution in [0.3, 0.4) is 0 Å². The van der Waals surface area contributed by atoms with Crippen LogP contribution in [0, 0.1) is 0 Å². The van der Waals surface area contributed by atoms with Crippen molar-refractivity contribution >= 4 is 25.0 Å². The zero-order valence-electron chi connectivity index (χ0n) is 5.84. The monoisotopic (exact) mass is 225 g/mol. The molecule has 0 nitrogen and oxygen atoms in total. The van der Waals surface area contributed by atoms with Crippen LogP contribution in [0.2, 0.25) is 0 Å². The van der Waals surface area contributed by atoms with E-state index in [1.807, 2.05) is 30.3 Å². The molecule has 75 valence electrons. The zero-order chi connectivity index (χ0) is 5.11. The molecule has 0 spiro atoms. The molecule has 0 saturated heterocycles. The van der Waals surface area contributed by atoms with Crippen LogP contribution in [0.1, 0.15) is 0 Å². The predicted molar refractivity (Wildman–Crippen MR) is 49.6 cm³/mol. The van der Waals surface area contributed by atoms with Crippen LogP contribution in [0.5, 0.6) is 0 Å². The lowest BCUT2D eigenvalue weighted by atomic mass is 10.4. The molecule has 0 unspecified atom stereocenters. The van der Waals surface area contributed by atoms with E-state index < -0.39 is 0 Å². The third kappa shape index (κ3) is 12.2. The van der Waals surface area contributed by atoms with E-state index in [9.17, 15) is 0 Å². The van der Waals surface area contributed by atoms with E-state index in [1.54, 1.807) is 0 Å². The lowest BCUT2D eigenvalue weighted by Gasteiger charge is -1.80. The Morgan fingerprint density at radius 2 is 1.08 bits per heavy atom. The summed E-state index contributed by atoms with van der Waals surface area (Å²) in [6.07, 6.45) is 0. The number of benzene rings is 1. The van der Waals surface area contributed by atoms with Gasteiger partial charge in [0.15, 0.2) is 0 Å². The van der Waals surface area contributed by atoms with E-state index in [-0.39, 0.29) is 31.2 Å². The average molecular weight is 226 g/mol. The fourth-order valence-electron chi connectivity index (χ4n) is 0.420. The number of halogens is 5. The fraction of sp³-hybridized carbons (Fsp3) is 0. The standard InChI is InChI=1S/C6H5S.ClH.4FH/c7-6-4-2-1-3-5-6;;;;;/h1-5H;5*1H. The maximum atomic E-state index is 4.81. The predicted octanol–water partition coefficient (Wildman–Crippen LogP) is 3.27. The normalized spacial score (nSPS) is 5.00. The maximum Gasteiger partial charge on any atom is 0.0377 e. The first kappa shape index (κ1) is 30.1. The van der Waals surface area contributed by atoms with Gasteiger partial charge in [-0.2, -0.15) is 0 Å². The summed E-state index contributed by atoms with van der Waals surface area (Å²) >= 11 is 4.81. The molecule has 0 amide bonds. The van der Waals surface area contributed by atoms with E-state index in [0.29, 0.717) is 0 Å². The minimum absolute atomic E-state index is 0. The molecule has 0 aliphatic carbocycles. The van der Waals surface area contributed by atoms with Gasteiger partial charge in [0, 0.05) is 4.90 Å². The summed E-state index contributed by atoms with van der Waals surface area (Å²) in [5, 5.41) is 0. The van der Waals surface area contributed by atoms with Crippen LogP contribution in [-0.2, 0) is 0 Å². The van der Waals surface area contributed by atoms with Gasteiger partial charge < -0.3 is 0 Å². The highest BCUT2D eigenvalue weighted by atomic mass is 35.5. The third-order valence-corrected chi connectivity index (χ3v) is 1.02. The maximum absolute atomic E-state index is 4.81. The van der Waals surface area contributed by atoms with E-state index >= 15 is 0 Å². The topological polar surface area (TPSA) is 0 Å². The summed E-state index contributed by atoms with van der Waals surface area (Å²) in [6.45, 7) is 0. The van der Waals surface area contributed by atoms with Crippen molar-refractivity contribution in [2.75, 3.05) is 0 Å². The molecule has 0 fully saturated rings. The molecule has 12 heavy (non-hydrogen) atoms. The lowest BCUT2D eigenvalue weighted by Crippen LogP contribution is -1.56. The Balaban J connectivity index is -0.0000000327. The van der Waals surface area contributed by atoms with Crippen LogP contribution in [0.15, 0.2) is 35.2 Å². The molecule has 0 saturated carbocycles. The summed E-state index contributed by atoms with van der Waals surface area (Å²) in [4.78, 5) is 0.905. The number of hydrogen-bond donors (Lipinski definition) is 0. The molecule has 1 aromatic carbocycles. The van der Waals surface area contributed by atoms with Crippen molar-refractivity contribution in [2.24, 2.45) is 0 Å². The van der Waals surface area contributed by atoms with E-state index in [1.165, 1.54) is 0 Å². The van der Waals surface area contributed by atoms with Crippen LogP contribution in [-0.4, -0.2) is 0 Å². The van der Waals surface area contributed by atoms with E-state index in [2.05, 4.69) is 0 Å². The SMILES string of the molecule is Cl.F.F.F.F.[S]c1ccccc1. The van der Waals surface area contributed by atoms with Gasteiger partial charge in [0.1, 0.15) is 0 Å². The van der Waals surface area contributed by atoms with Crippen LogP contribution in [0.25, 0.3) is 0 Å². The Hall–Kier alpha value is -0.550. The van der Waals surface area contributed by atoms with Crippen molar-refractivity contribution in [2.45, 2.75) is 4.90 Å². The highest BCUT2D eigenvalue weighted by Gasteiger charge is 1.74. The van der Waals surface area contributed by atoms with Crippen LogP contribution < -0.4 is 0 Å². The number of rotatable bonds is 0. The van der Waals surface area contributed by atoms with Gasteiger partial charge >= 0.3 is 0 Å². The van der Waals surface area contributed by atoms with Gasteiger partial charge in [0.2, 0.25) is 0 Å². The Bertz CT molecular complexity index is 149. The van der Waals surface area contributed by atoms with E-state index in [0.717, 1.165) is 4.90 Å². The molecule has 0 aliphatic rings. The summed E-state index contributed by atoms with van der Waals surface area (Å²) in [5.41, 5.74) is 0. The molecule has 0 atom stereocenters. The Morgan fingerprint density at radius 1 is 0.750 bits per heavy atom. The van der Waals surface area contributed by atoms with Crippen molar-refractivity contribution in [3.05, 3.63) is 30.3 Å². The molecule has 0 aliphatic heterocycles. The van der Waals surface area contributed by atoms with E-state index in [4.69, 9.17) is 12.6 Å². The molecule has 1 aromatic rings. The molecule has 1 rings (SSSR count). The van der Waals surface area contributed by atoms with Gasteiger partial charge in [0.05, 0.1) is 0 Å². The molecule has 0 heterocycles. The molecule has 6 heteroatoms. The molecular formula is C6H10ClF4S. The summed E-state index contributed by atoms with van der Waals surface area (Å²) in [5.74, 6) is 0. The van der Waals surface area contributed by atoms with Crippen molar-refractivity contribution in [1.82, 2.24) is 0 Å². The van der Waals surface area contributed by atoms with Crippen molar-refractivity contribution in [1.29, 1.82) is 0 Å². The second kappa shape index (κ2) is 16.8. The first-order valence-corrected chi connectivity index (χ1v) is 2.52. The average Bonchev–Trinajstić information content (AvgIpc) is 1.69. The minimum atomic E-state index is 0. The third-order valence-electron chi connectivity index (χ3n) is 0.743. The summed E-state index contributed by atoms with van der Waals surface area (Å²) in [7, 11) is 0. The Morgan fingerprint density at radius 3 is 1.25 bits per heavy atom. The second-order valence-corrected chi connectivity index (χ2v) is 1.78. The molecule has 1 radical (unpaired) electrons. The Kier molecular flexibility index (Phi) is 42.1. The molecular weight excluding hydrogens is 216 g/mol. The van der Waals surface area contributed by atoms with Crippen LogP contribution >= 0.6 is 25.0 Å².